The van der Waals surface area contributed by atoms with Gasteiger partial charge in [-0.25, -0.2) is 4.39 Å². The number of rotatable bonds is 17. The Labute approximate surface area is 211 Å². The van der Waals surface area contributed by atoms with E-state index in [1.54, 1.807) is 6.21 Å². The lowest BCUT2D eigenvalue weighted by Crippen LogP contribution is -2.33. The highest BCUT2D eigenvalue weighted by Gasteiger charge is 2.35. The third-order valence-electron chi connectivity index (χ3n) is 6.85. The highest BCUT2D eigenvalue weighted by molar-refractivity contribution is 5.86. The van der Waals surface area contributed by atoms with Crippen molar-refractivity contribution in [3.05, 3.63) is 54.0 Å². The highest BCUT2D eigenvalue weighted by Crippen LogP contribution is 2.36. The van der Waals surface area contributed by atoms with Gasteiger partial charge in [0.05, 0.1) is 12.8 Å². The molecule has 0 bridgehead atoms. The lowest BCUT2D eigenvalue weighted by molar-refractivity contribution is 0.00111. The molecular weight excluding hydrogens is 437 g/mol. The Morgan fingerprint density at radius 2 is 1.40 bits per heavy atom. The average molecular weight is 482 g/mol. The number of hydrogen-bond donors (Lipinski definition) is 0. The third-order valence-corrected chi connectivity index (χ3v) is 6.85. The van der Waals surface area contributed by atoms with Crippen LogP contribution in [0.2, 0.25) is 0 Å². The molecule has 192 valence electrons. The van der Waals surface area contributed by atoms with Crippen LogP contribution in [0.5, 0.6) is 5.75 Å². The molecule has 1 atom stereocenters. The summed E-state index contributed by atoms with van der Waals surface area (Å²) in [6, 6.07) is 12.5. The second-order valence-electron chi connectivity index (χ2n) is 9.88. The van der Waals surface area contributed by atoms with Crippen LogP contribution in [-0.2, 0) is 10.3 Å². The van der Waals surface area contributed by atoms with Gasteiger partial charge in [-0.3, -0.25) is 4.99 Å². The van der Waals surface area contributed by atoms with E-state index < -0.39 is 5.60 Å². The van der Waals surface area contributed by atoms with Crippen LogP contribution in [0.4, 0.5) is 4.39 Å². The molecule has 0 saturated carbocycles. The first-order chi connectivity index (χ1) is 17.2. The fourth-order valence-electron chi connectivity index (χ4n) is 4.71. The van der Waals surface area contributed by atoms with E-state index in [0.717, 1.165) is 48.0 Å². The first-order valence-electron chi connectivity index (χ1n) is 13.9. The zero-order valence-electron chi connectivity index (χ0n) is 21.9. The summed E-state index contributed by atoms with van der Waals surface area (Å²) in [7, 11) is 0. The Morgan fingerprint density at radius 3 is 2.11 bits per heavy atom. The van der Waals surface area contributed by atoms with Gasteiger partial charge < -0.3 is 9.47 Å². The molecule has 35 heavy (non-hydrogen) atoms. The Bertz CT molecular complexity index is 954. The third kappa shape index (κ3) is 8.75. The lowest BCUT2D eigenvalue weighted by Gasteiger charge is -2.32. The average Bonchev–Trinajstić information content (AvgIpc) is 2.87. The van der Waals surface area contributed by atoms with Crippen molar-refractivity contribution in [2.24, 2.45) is 4.99 Å². The summed E-state index contributed by atoms with van der Waals surface area (Å²) in [5.41, 5.74) is 0.104. The Morgan fingerprint density at radius 1 is 0.771 bits per heavy atom. The van der Waals surface area contributed by atoms with Crippen LogP contribution < -0.4 is 4.74 Å². The van der Waals surface area contributed by atoms with Crippen LogP contribution in [-0.4, -0.2) is 19.4 Å². The van der Waals surface area contributed by atoms with E-state index in [0.29, 0.717) is 6.61 Å². The van der Waals surface area contributed by atoms with Crippen LogP contribution in [0.25, 0.3) is 10.8 Å². The van der Waals surface area contributed by atoms with Crippen LogP contribution in [0.1, 0.15) is 103 Å². The second kappa shape index (κ2) is 15.0. The zero-order chi connectivity index (χ0) is 24.8. The van der Waals surface area contributed by atoms with Gasteiger partial charge in [-0.05, 0) is 47.4 Å². The van der Waals surface area contributed by atoms with Gasteiger partial charge in [0, 0.05) is 19.2 Å². The van der Waals surface area contributed by atoms with Gasteiger partial charge in [0.2, 0.25) is 0 Å². The molecule has 4 heteroatoms. The van der Waals surface area contributed by atoms with Gasteiger partial charge >= 0.3 is 0 Å². The van der Waals surface area contributed by atoms with Gasteiger partial charge in [0.25, 0.3) is 0 Å². The number of aliphatic imine (C=N–C) groups is 1. The summed E-state index contributed by atoms with van der Waals surface area (Å²) in [6.45, 7) is 5.83. The van der Waals surface area contributed by atoms with Crippen molar-refractivity contribution in [2.45, 2.75) is 103 Å². The zero-order valence-corrected chi connectivity index (χ0v) is 21.9. The fraction of sp³-hybridized carbons (Fsp3) is 0.581. The maximum Gasteiger partial charge on any atom is 0.134 e. The predicted molar refractivity (Wildman–Crippen MR) is 146 cm³/mol. The quantitative estimate of drug-likeness (QED) is 0.211. The molecule has 0 fully saturated rings. The Hall–Kier alpha value is -2.20. The largest absolute Gasteiger partial charge is 0.494 e. The topological polar surface area (TPSA) is 30.8 Å². The van der Waals surface area contributed by atoms with Gasteiger partial charge in [0.15, 0.2) is 0 Å². The van der Waals surface area contributed by atoms with Gasteiger partial charge in [0.1, 0.15) is 17.2 Å². The maximum absolute atomic E-state index is 14.3. The van der Waals surface area contributed by atoms with Crippen molar-refractivity contribution < 1.29 is 13.9 Å². The summed E-state index contributed by atoms with van der Waals surface area (Å²) in [5, 5.41) is 2.21. The SMILES string of the molecule is CCCCCCCCOc1ccc2cc(C3(OCCCCCCCC)C=NC=C(F)C3)ccc2c1. The maximum atomic E-state index is 14.3. The van der Waals surface area contributed by atoms with Crippen molar-refractivity contribution in [1.82, 2.24) is 0 Å². The number of nitrogens with zero attached hydrogens (tertiary/aromatic N) is 1. The van der Waals surface area contributed by atoms with Crippen molar-refractivity contribution >= 4 is 17.0 Å². The van der Waals surface area contributed by atoms with Gasteiger partial charge in [-0.15, -0.1) is 0 Å². The molecule has 0 saturated heterocycles. The summed E-state index contributed by atoms with van der Waals surface area (Å²) in [5.74, 6) is 0.662. The molecule has 1 aliphatic rings. The molecule has 3 nitrogen and oxygen atoms in total. The van der Waals surface area contributed by atoms with Gasteiger partial charge in [-0.2, -0.15) is 0 Å². The molecule has 0 spiro atoms. The molecule has 3 rings (SSSR count). The molecule has 0 aromatic heterocycles. The molecular formula is C31H44FNO2. The molecule has 2 aromatic rings. The van der Waals surface area contributed by atoms with Crippen LogP contribution >= 0.6 is 0 Å². The van der Waals surface area contributed by atoms with Crippen LogP contribution in [0.3, 0.4) is 0 Å². The molecule has 0 N–H and O–H groups in total. The van der Waals surface area contributed by atoms with E-state index in [1.807, 2.05) is 12.1 Å². The summed E-state index contributed by atoms with van der Waals surface area (Å²) >= 11 is 0. The second-order valence-corrected chi connectivity index (χ2v) is 9.88. The summed E-state index contributed by atoms with van der Waals surface area (Å²) in [6.07, 6.45) is 18.0. The Balaban J connectivity index is 1.60. The number of unbranched alkanes of at least 4 members (excludes halogenated alkanes) is 10. The fourth-order valence-corrected chi connectivity index (χ4v) is 4.71. The molecule has 1 heterocycles. The minimum Gasteiger partial charge on any atom is -0.494 e. The monoisotopic (exact) mass is 481 g/mol. The molecule has 0 amide bonds. The first-order valence-corrected chi connectivity index (χ1v) is 13.9. The first kappa shape index (κ1) is 27.4. The van der Waals surface area contributed by atoms with E-state index in [2.05, 4.69) is 43.1 Å². The van der Waals surface area contributed by atoms with E-state index in [-0.39, 0.29) is 12.2 Å². The molecule has 2 aromatic carbocycles. The minimum atomic E-state index is -0.844. The predicted octanol–water partition coefficient (Wildman–Crippen LogP) is 9.44. The molecule has 0 aliphatic carbocycles. The Kier molecular flexibility index (Phi) is 11.8. The molecule has 0 radical (unpaired) electrons. The number of hydrogen-bond acceptors (Lipinski definition) is 3. The molecule has 1 unspecified atom stereocenters. The van der Waals surface area contributed by atoms with Gasteiger partial charge in [-0.1, -0.05) is 96.3 Å². The van der Waals surface area contributed by atoms with Crippen molar-refractivity contribution in [3.8, 4) is 5.75 Å². The summed E-state index contributed by atoms with van der Waals surface area (Å²) < 4.78 is 26.7. The lowest BCUT2D eigenvalue weighted by atomic mass is 9.88. The van der Waals surface area contributed by atoms with E-state index in [4.69, 9.17) is 9.47 Å². The van der Waals surface area contributed by atoms with E-state index >= 15 is 0 Å². The van der Waals surface area contributed by atoms with Crippen molar-refractivity contribution in [2.75, 3.05) is 13.2 Å². The number of benzene rings is 2. The minimum absolute atomic E-state index is 0.192. The normalized spacial score (nSPS) is 17.6. The highest BCUT2D eigenvalue weighted by atomic mass is 19.1. The van der Waals surface area contributed by atoms with E-state index in [9.17, 15) is 4.39 Å². The van der Waals surface area contributed by atoms with E-state index in [1.165, 1.54) is 64.0 Å². The summed E-state index contributed by atoms with van der Waals surface area (Å²) in [4.78, 5) is 4.18. The van der Waals surface area contributed by atoms with Crippen LogP contribution in [0.15, 0.2) is 53.4 Å². The van der Waals surface area contributed by atoms with Crippen molar-refractivity contribution in [1.29, 1.82) is 0 Å². The van der Waals surface area contributed by atoms with Crippen LogP contribution in [0, 0.1) is 0 Å². The van der Waals surface area contributed by atoms with Crippen molar-refractivity contribution in [3.63, 3.8) is 0 Å². The molecule has 1 aliphatic heterocycles. The number of ether oxygens (including phenoxy) is 2. The smallest absolute Gasteiger partial charge is 0.134 e. The number of fused-ring (bicyclic) bond motifs is 1. The number of halogens is 1. The standard InChI is InChI=1S/C31H44FNO2/c1-3-5-7-9-11-13-19-34-30-18-16-26-21-28(17-15-27(26)22-30)31(23-29(32)24-33-25-31)35-20-14-12-10-8-6-4-2/h15-18,21-22,24-25H,3-14,19-20,23H2,1-2H3.